The third-order valence-electron chi connectivity index (χ3n) is 4.24. The smallest absolute Gasteiger partial charge is 0.204 e. The lowest BCUT2D eigenvalue weighted by Crippen LogP contribution is -2.60. The molecule has 4 heteroatoms. The molecule has 1 aliphatic carbocycles. The van der Waals surface area contributed by atoms with Gasteiger partial charge in [0, 0.05) is 5.92 Å². The first-order valence-electron chi connectivity index (χ1n) is 7.22. The van der Waals surface area contributed by atoms with Crippen LogP contribution in [0.4, 0.5) is 0 Å². The van der Waals surface area contributed by atoms with Gasteiger partial charge in [-0.25, -0.2) is 0 Å². The number of rotatable bonds is 1. The van der Waals surface area contributed by atoms with Crippen molar-refractivity contribution in [2.24, 2.45) is 11.8 Å². The maximum atomic E-state index is 10.7. The monoisotopic (exact) mass is 270 g/mol. The fourth-order valence-corrected chi connectivity index (χ4v) is 3.51. The maximum Gasteiger partial charge on any atom is 0.204 e. The van der Waals surface area contributed by atoms with Crippen molar-refractivity contribution in [3.63, 3.8) is 0 Å². The average molecular weight is 270 g/mol. The second kappa shape index (κ2) is 5.52. The van der Waals surface area contributed by atoms with Gasteiger partial charge >= 0.3 is 0 Å². The Labute approximate surface area is 115 Å². The van der Waals surface area contributed by atoms with Gasteiger partial charge in [0.15, 0.2) is 0 Å². The van der Waals surface area contributed by atoms with Crippen molar-refractivity contribution in [1.82, 2.24) is 0 Å². The third-order valence-corrected chi connectivity index (χ3v) is 4.24. The van der Waals surface area contributed by atoms with Crippen LogP contribution in [0.5, 0.6) is 0 Å². The minimum atomic E-state index is -1.10. The molecule has 1 spiro atoms. The molecule has 0 radical (unpaired) electrons. The van der Waals surface area contributed by atoms with Gasteiger partial charge < -0.3 is 19.7 Å². The van der Waals surface area contributed by atoms with Crippen LogP contribution in [0.15, 0.2) is 11.6 Å². The zero-order chi connectivity index (χ0) is 14.2. The molecule has 1 heterocycles. The molecule has 19 heavy (non-hydrogen) atoms. The lowest BCUT2D eigenvalue weighted by molar-refractivity contribution is -0.364. The first kappa shape index (κ1) is 15.0. The Morgan fingerprint density at radius 2 is 1.79 bits per heavy atom. The largest absolute Gasteiger partial charge is 0.396 e. The Morgan fingerprint density at radius 3 is 2.32 bits per heavy atom. The maximum absolute atomic E-state index is 10.7. The van der Waals surface area contributed by atoms with Crippen molar-refractivity contribution in [1.29, 1.82) is 0 Å². The van der Waals surface area contributed by atoms with Crippen LogP contribution in [-0.2, 0) is 9.47 Å². The van der Waals surface area contributed by atoms with E-state index in [-0.39, 0.29) is 24.7 Å². The number of aliphatic hydroxyl groups is 2. The van der Waals surface area contributed by atoms with E-state index in [0.717, 1.165) is 18.4 Å². The molecule has 0 aromatic carbocycles. The van der Waals surface area contributed by atoms with Gasteiger partial charge in [0.1, 0.15) is 6.10 Å². The standard InChI is InChI=1S/C15H26O4/c1-9-5-10(2)14(17)15(13(6-9)8-16)18-11(3)7-12(4)19-15/h5,9,11-14,16-17H,6-8H2,1-4H3/t9-,11-,12+,13+,14+,15?/m0/s1. The van der Waals surface area contributed by atoms with Gasteiger partial charge in [-0.2, -0.15) is 0 Å². The van der Waals surface area contributed by atoms with Gasteiger partial charge in [-0.15, -0.1) is 0 Å². The van der Waals surface area contributed by atoms with Gasteiger partial charge in [0.25, 0.3) is 0 Å². The van der Waals surface area contributed by atoms with Gasteiger partial charge in [-0.3, -0.25) is 0 Å². The van der Waals surface area contributed by atoms with E-state index in [1.165, 1.54) is 0 Å². The summed E-state index contributed by atoms with van der Waals surface area (Å²) in [7, 11) is 0. The molecule has 0 aromatic rings. The highest BCUT2D eigenvalue weighted by atomic mass is 16.7. The molecule has 0 bridgehead atoms. The number of allylic oxidation sites excluding steroid dienone is 1. The summed E-state index contributed by atoms with van der Waals surface area (Å²) in [6.07, 6.45) is 2.84. The topological polar surface area (TPSA) is 58.9 Å². The molecule has 1 unspecified atom stereocenters. The highest BCUT2D eigenvalue weighted by molar-refractivity contribution is 5.16. The summed E-state index contributed by atoms with van der Waals surface area (Å²) >= 11 is 0. The molecular weight excluding hydrogens is 244 g/mol. The molecule has 0 amide bonds. The first-order valence-corrected chi connectivity index (χ1v) is 7.22. The Balaban J connectivity index is 2.39. The lowest BCUT2D eigenvalue weighted by Gasteiger charge is -2.49. The van der Waals surface area contributed by atoms with E-state index in [4.69, 9.17) is 9.47 Å². The van der Waals surface area contributed by atoms with E-state index >= 15 is 0 Å². The molecule has 1 aliphatic heterocycles. The first-order chi connectivity index (χ1) is 8.89. The number of aliphatic hydroxyl groups excluding tert-OH is 2. The quantitative estimate of drug-likeness (QED) is 0.714. The molecule has 0 saturated carbocycles. The second-order valence-electron chi connectivity index (χ2n) is 6.22. The zero-order valence-electron chi connectivity index (χ0n) is 12.3. The van der Waals surface area contributed by atoms with E-state index in [1.807, 2.05) is 20.8 Å². The van der Waals surface area contributed by atoms with Crippen LogP contribution in [0.3, 0.4) is 0 Å². The van der Waals surface area contributed by atoms with Crippen LogP contribution in [0.2, 0.25) is 0 Å². The summed E-state index contributed by atoms with van der Waals surface area (Å²) in [6.45, 7) is 7.94. The fourth-order valence-electron chi connectivity index (χ4n) is 3.51. The van der Waals surface area contributed by atoms with Crippen LogP contribution >= 0.6 is 0 Å². The van der Waals surface area contributed by atoms with Gasteiger partial charge in [0.2, 0.25) is 5.79 Å². The molecule has 2 N–H and O–H groups in total. The minimum absolute atomic E-state index is 0.0219. The fraction of sp³-hybridized carbons (Fsp3) is 0.867. The van der Waals surface area contributed by atoms with Gasteiger partial charge in [-0.1, -0.05) is 13.0 Å². The highest BCUT2D eigenvalue weighted by Gasteiger charge is 2.53. The number of ether oxygens (including phenoxy) is 2. The summed E-state index contributed by atoms with van der Waals surface area (Å²) < 4.78 is 12.1. The molecule has 0 aromatic heterocycles. The van der Waals surface area contributed by atoms with E-state index in [2.05, 4.69) is 13.0 Å². The molecular formula is C15H26O4. The summed E-state index contributed by atoms with van der Waals surface area (Å²) in [5, 5.41) is 20.4. The van der Waals surface area contributed by atoms with Crippen molar-refractivity contribution in [3.05, 3.63) is 11.6 Å². The SMILES string of the molecule is CC1=C[C@H](C)C[C@H](CO)C2(O[C@H](C)C[C@H](C)O2)[C@@H]1O. The van der Waals surface area contributed by atoms with E-state index in [9.17, 15) is 10.2 Å². The van der Waals surface area contributed by atoms with Gasteiger partial charge in [-0.05, 0) is 45.1 Å². The summed E-state index contributed by atoms with van der Waals surface area (Å²) in [5.74, 6) is -1.01. The van der Waals surface area contributed by atoms with Crippen LogP contribution in [-0.4, -0.2) is 40.9 Å². The van der Waals surface area contributed by atoms with Crippen molar-refractivity contribution < 1.29 is 19.7 Å². The van der Waals surface area contributed by atoms with Crippen molar-refractivity contribution in [2.75, 3.05) is 6.61 Å². The Morgan fingerprint density at radius 1 is 1.21 bits per heavy atom. The predicted octanol–water partition coefficient (Wildman–Crippen LogP) is 1.85. The molecule has 2 rings (SSSR count). The van der Waals surface area contributed by atoms with Crippen molar-refractivity contribution >= 4 is 0 Å². The minimum Gasteiger partial charge on any atom is -0.396 e. The van der Waals surface area contributed by atoms with Crippen LogP contribution < -0.4 is 0 Å². The normalized spacial score (nSPS) is 47.9. The van der Waals surface area contributed by atoms with Crippen molar-refractivity contribution in [2.45, 2.75) is 64.6 Å². The highest BCUT2D eigenvalue weighted by Crippen LogP contribution is 2.43. The molecule has 2 aliphatic rings. The third kappa shape index (κ3) is 2.72. The average Bonchev–Trinajstić information content (AvgIpc) is 2.39. The summed E-state index contributed by atoms with van der Waals surface area (Å²) in [5.41, 5.74) is 0.866. The van der Waals surface area contributed by atoms with Crippen molar-refractivity contribution in [3.8, 4) is 0 Å². The molecule has 4 nitrogen and oxygen atoms in total. The number of hydrogen-bond acceptors (Lipinski definition) is 4. The van der Waals surface area contributed by atoms with Crippen LogP contribution in [0.25, 0.3) is 0 Å². The lowest BCUT2D eigenvalue weighted by atomic mass is 9.87. The van der Waals surface area contributed by atoms with E-state index in [0.29, 0.717) is 5.92 Å². The Bertz CT molecular complexity index is 342. The summed E-state index contributed by atoms with van der Waals surface area (Å²) in [6, 6.07) is 0. The van der Waals surface area contributed by atoms with Crippen LogP contribution in [0.1, 0.15) is 40.5 Å². The molecule has 110 valence electrons. The summed E-state index contributed by atoms with van der Waals surface area (Å²) in [4.78, 5) is 0. The van der Waals surface area contributed by atoms with Gasteiger partial charge in [0.05, 0.1) is 18.8 Å². The molecule has 1 saturated heterocycles. The Hall–Kier alpha value is -0.420. The van der Waals surface area contributed by atoms with Crippen LogP contribution in [0, 0.1) is 11.8 Å². The number of hydrogen-bond donors (Lipinski definition) is 2. The predicted molar refractivity (Wildman–Crippen MR) is 72.6 cm³/mol. The molecule has 6 atom stereocenters. The van der Waals surface area contributed by atoms with E-state index < -0.39 is 11.9 Å². The molecule has 1 fully saturated rings. The van der Waals surface area contributed by atoms with E-state index in [1.54, 1.807) is 0 Å². The zero-order valence-corrected chi connectivity index (χ0v) is 12.3. The Kier molecular flexibility index (Phi) is 4.35. The second-order valence-corrected chi connectivity index (χ2v) is 6.22.